The molecule has 0 amide bonds. The number of likely N-dealkylation sites (tertiary alicyclic amines) is 1. The summed E-state index contributed by atoms with van der Waals surface area (Å²) in [5, 5.41) is 11.0. The summed E-state index contributed by atoms with van der Waals surface area (Å²) < 4.78 is 0. The van der Waals surface area contributed by atoms with Gasteiger partial charge in [-0.2, -0.15) is 0 Å². The Morgan fingerprint density at radius 2 is 2.20 bits per heavy atom. The molecule has 0 spiro atoms. The van der Waals surface area contributed by atoms with Crippen molar-refractivity contribution in [3.05, 3.63) is 33.8 Å². The third kappa shape index (κ3) is 3.86. The minimum atomic E-state index is -0.227. The molecular formula is C15H22Cl2N2O. The first kappa shape index (κ1) is 16.1. The molecule has 1 aromatic carbocycles. The maximum Gasteiger partial charge on any atom is 0.0693 e. The van der Waals surface area contributed by atoms with Gasteiger partial charge in [-0.25, -0.2) is 0 Å². The number of rotatable bonds is 4. The molecule has 1 fully saturated rings. The number of piperidine rings is 1. The highest BCUT2D eigenvalue weighted by atomic mass is 35.5. The second-order valence-corrected chi connectivity index (χ2v) is 6.46. The van der Waals surface area contributed by atoms with E-state index in [0.29, 0.717) is 16.0 Å². The summed E-state index contributed by atoms with van der Waals surface area (Å²) in [5.41, 5.74) is 7.11. The van der Waals surface area contributed by atoms with Gasteiger partial charge in [0.05, 0.1) is 16.1 Å². The van der Waals surface area contributed by atoms with Gasteiger partial charge in [0, 0.05) is 19.1 Å². The highest BCUT2D eigenvalue weighted by molar-refractivity contribution is 6.42. The number of hydrogen-bond acceptors (Lipinski definition) is 3. The molecular weight excluding hydrogens is 295 g/mol. The number of halogens is 2. The van der Waals surface area contributed by atoms with Crippen LogP contribution in [0.15, 0.2) is 18.2 Å². The Kier molecular flexibility index (Phi) is 5.70. The van der Waals surface area contributed by atoms with Crippen LogP contribution in [0.1, 0.15) is 31.4 Å². The largest absolute Gasteiger partial charge is 0.392 e. The van der Waals surface area contributed by atoms with Crippen LogP contribution in [0.25, 0.3) is 0 Å². The normalized spacial score (nSPS) is 25.6. The Balaban J connectivity index is 1.89. The molecule has 20 heavy (non-hydrogen) atoms. The Morgan fingerprint density at radius 1 is 1.45 bits per heavy atom. The molecule has 1 aromatic rings. The maximum atomic E-state index is 9.90. The summed E-state index contributed by atoms with van der Waals surface area (Å²) >= 11 is 12.2. The molecule has 3 N–H and O–H groups in total. The van der Waals surface area contributed by atoms with E-state index in [2.05, 4.69) is 11.8 Å². The molecule has 5 heteroatoms. The number of hydrogen-bond donors (Lipinski definition) is 2. The molecule has 3 nitrogen and oxygen atoms in total. The SMILES string of the molecule is CC1CCN(CCC(N)c2cccc(Cl)c2Cl)CC1O. The minimum Gasteiger partial charge on any atom is -0.392 e. The lowest BCUT2D eigenvalue weighted by Gasteiger charge is -2.34. The minimum absolute atomic E-state index is 0.127. The van der Waals surface area contributed by atoms with E-state index in [0.717, 1.165) is 38.0 Å². The van der Waals surface area contributed by atoms with Crippen LogP contribution < -0.4 is 5.73 Å². The van der Waals surface area contributed by atoms with Crippen molar-refractivity contribution < 1.29 is 5.11 Å². The van der Waals surface area contributed by atoms with E-state index in [9.17, 15) is 5.11 Å². The van der Waals surface area contributed by atoms with Crippen LogP contribution in [0, 0.1) is 5.92 Å². The summed E-state index contributed by atoms with van der Waals surface area (Å²) in [6, 6.07) is 5.43. The Morgan fingerprint density at radius 3 is 2.90 bits per heavy atom. The first-order chi connectivity index (χ1) is 9.49. The van der Waals surface area contributed by atoms with Gasteiger partial charge in [-0.3, -0.25) is 0 Å². The molecule has 3 atom stereocenters. The number of β-amino-alcohol motifs (C(OH)–C–C–N with tert-alkyl or cyclic N) is 1. The van der Waals surface area contributed by atoms with E-state index >= 15 is 0 Å². The average molecular weight is 317 g/mol. The van der Waals surface area contributed by atoms with Gasteiger partial charge in [-0.1, -0.05) is 42.3 Å². The summed E-state index contributed by atoms with van der Waals surface area (Å²) in [7, 11) is 0. The molecule has 1 aliphatic rings. The molecule has 3 unspecified atom stereocenters. The van der Waals surface area contributed by atoms with Gasteiger partial charge in [-0.05, 0) is 36.9 Å². The molecule has 0 bridgehead atoms. The van der Waals surface area contributed by atoms with Gasteiger partial charge in [-0.15, -0.1) is 0 Å². The predicted octanol–water partition coefficient (Wildman–Crippen LogP) is 3.09. The van der Waals surface area contributed by atoms with Crippen molar-refractivity contribution in [1.29, 1.82) is 0 Å². The van der Waals surface area contributed by atoms with Crippen molar-refractivity contribution in [3.8, 4) is 0 Å². The highest BCUT2D eigenvalue weighted by Gasteiger charge is 2.24. The topological polar surface area (TPSA) is 49.5 Å². The van der Waals surface area contributed by atoms with Crippen LogP contribution in [0.2, 0.25) is 10.0 Å². The van der Waals surface area contributed by atoms with Crippen molar-refractivity contribution in [3.63, 3.8) is 0 Å². The zero-order chi connectivity index (χ0) is 14.7. The molecule has 0 radical (unpaired) electrons. The molecule has 1 aliphatic heterocycles. The summed E-state index contributed by atoms with van der Waals surface area (Å²) in [6.45, 7) is 4.72. The van der Waals surface area contributed by atoms with Crippen LogP contribution in [0.3, 0.4) is 0 Å². The van der Waals surface area contributed by atoms with Gasteiger partial charge < -0.3 is 15.7 Å². The van der Waals surface area contributed by atoms with Crippen molar-refractivity contribution in [2.75, 3.05) is 19.6 Å². The van der Waals surface area contributed by atoms with Gasteiger partial charge in [0.2, 0.25) is 0 Å². The van der Waals surface area contributed by atoms with Crippen LogP contribution in [0.5, 0.6) is 0 Å². The zero-order valence-corrected chi connectivity index (χ0v) is 13.2. The molecule has 0 aromatic heterocycles. The van der Waals surface area contributed by atoms with Crippen LogP contribution >= 0.6 is 23.2 Å². The fourth-order valence-electron chi connectivity index (χ4n) is 2.60. The maximum absolute atomic E-state index is 9.90. The highest BCUT2D eigenvalue weighted by Crippen LogP contribution is 2.30. The summed E-state index contributed by atoms with van der Waals surface area (Å²) in [5.74, 6) is 0.391. The molecule has 1 saturated heterocycles. The Labute approximate surface area is 130 Å². The van der Waals surface area contributed by atoms with Gasteiger partial charge in [0.1, 0.15) is 0 Å². The van der Waals surface area contributed by atoms with Gasteiger partial charge >= 0.3 is 0 Å². The monoisotopic (exact) mass is 316 g/mol. The van der Waals surface area contributed by atoms with Crippen molar-refractivity contribution in [2.24, 2.45) is 11.7 Å². The molecule has 2 rings (SSSR count). The van der Waals surface area contributed by atoms with E-state index in [1.54, 1.807) is 6.07 Å². The average Bonchev–Trinajstić information content (AvgIpc) is 2.43. The number of nitrogens with two attached hydrogens (primary N) is 1. The zero-order valence-electron chi connectivity index (χ0n) is 11.7. The summed E-state index contributed by atoms with van der Waals surface area (Å²) in [4.78, 5) is 2.27. The van der Waals surface area contributed by atoms with Crippen LogP contribution in [-0.2, 0) is 0 Å². The second-order valence-electron chi connectivity index (χ2n) is 5.67. The number of nitrogens with zero attached hydrogens (tertiary/aromatic N) is 1. The van der Waals surface area contributed by atoms with Crippen molar-refractivity contribution in [1.82, 2.24) is 4.90 Å². The Bertz CT molecular complexity index is 455. The second kappa shape index (κ2) is 7.10. The third-order valence-corrected chi connectivity index (χ3v) is 4.97. The Hall–Kier alpha value is -0.320. The van der Waals surface area contributed by atoms with Gasteiger partial charge in [0.15, 0.2) is 0 Å². The first-order valence-corrected chi connectivity index (χ1v) is 7.84. The number of aliphatic hydroxyl groups excluding tert-OH is 1. The fourth-order valence-corrected chi connectivity index (χ4v) is 3.05. The van der Waals surface area contributed by atoms with E-state index in [1.165, 1.54) is 0 Å². The van der Waals surface area contributed by atoms with E-state index < -0.39 is 0 Å². The lowest BCUT2D eigenvalue weighted by molar-refractivity contribution is 0.0282. The van der Waals surface area contributed by atoms with Crippen LogP contribution in [-0.4, -0.2) is 35.7 Å². The molecule has 0 saturated carbocycles. The van der Waals surface area contributed by atoms with E-state index in [4.69, 9.17) is 28.9 Å². The molecule has 1 heterocycles. The van der Waals surface area contributed by atoms with Gasteiger partial charge in [0.25, 0.3) is 0 Å². The number of benzene rings is 1. The van der Waals surface area contributed by atoms with E-state index in [1.807, 2.05) is 12.1 Å². The predicted molar refractivity (Wildman–Crippen MR) is 84.2 cm³/mol. The molecule has 0 aliphatic carbocycles. The summed E-state index contributed by atoms with van der Waals surface area (Å²) in [6.07, 6.45) is 1.62. The number of aliphatic hydroxyl groups is 1. The smallest absolute Gasteiger partial charge is 0.0693 e. The van der Waals surface area contributed by atoms with E-state index in [-0.39, 0.29) is 12.1 Å². The van der Waals surface area contributed by atoms with Crippen molar-refractivity contribution in [2.45, 2.75) is 31.9 Å². The van der Waals surface area contributed by atoms with Crippen LogP contribution in [0.4, 0.5) is 0 Å². The van der Waals surface area contributed by atoms with Crippen molar-refractivity contribution >= 4 is 23.2 Å². The quantitative estimate of drug-likeness (QED) is 0.897. The fraction of sp³-hybridized carbons (Fsp3) is 0.600. The standard InChI is InChI=1S/C15H22Cl2N2O/c1-10-5-7-19(9-14(10)20)8-6-13(18)11-3-2-4-12(16)15(11)17/h2-4,10,13-14,20H,5-9,18H2,1H3. The lowest BCUT2D eigenvalue weighted by Crippen LogP contribution is -2.43. The lowest BCUT2D eigenvalue weighted by atomic mass is 9.95. The first-order valence-electron chi connectivity index (χ1n) is 7.09. The third-order valence-electron chi connectivity index (χ3n) is 4.14. The molecule has 112 valence electrons.